The van der Waals surface area contributed by atoms with E-state index in [0.29, 0.717) is 0 Å². The van der Waals surface area contributed by atoms with Crippen LogP contribution in [-0.4, -0.2) is 24.6 Å². The topological polar surface area (TPSA) is 66.6 Å². The number of nitrogens with zero attached hydrogens (tertiary/aromatic N) is 1. The molecule has 0 atom stereocenters. The van der Waals surface area contributed by atoms with Gasteiger partial charge in [0.25, 0.3) is 0 Å². The second kappa shape index (κ2) is 4.79. The number of benzene rings is 1. The molecule has 0 heterocycles. The Hall–Kier alpha value is -1.55. The summed E-state index contributed by atoms with van der Waals surface area (Å²) in [7, 11) is 1.77. The summed E-state index contributed by atoms with van der Waals surface area (Å²) in [6, 6.07) is 5.71. The minimum absolute atomic E-state index is 0.0416. The molecule has 0 radical (unpaired) electrons. The fourth-order valence-electron chi connectivity index (χ4n) is 1.53. The van der Waals surface area contributed by atoms with Crippen LogP contribution in [0.15, 0.2) is 18.2 Å². The van der Waals surface area contributed by atoms with Crippen molar-refractivity contribution in [2.45, 2.75) is 13.5 Å². The molecule has 15 heavy (non-hydrogen) atoms. The van der Waals surface area contributed by atoms with Crippen LogP contribution in [0.3, 0.4) is 0 Å². The van der Waals surface area contributed by atoms with Crippen molar-refractivity contribution in [2.24, 2.45) is 5.73 Å². The fourth-order valence-corrected chi connectivity index (χ4v) is 1.53. The van der Waals surface area contributed by atoms with Gasteiger partial charge in [-0.1, -0.05) is 17.7 Å². The van der Waals surface area contributed by atoms with Crippen LogP contribution >= 0.6 is 0 Å². The van der Waals surface area contributed by atoms with Crippen molar-refractivity contribution in [3.8, 4) is 0 Å². The molecule has 0 unspecified atom stereocenters. The molecule has 3 N–H and O–H groups in total. The third-order valence-corrected chi connectivity index (χ3v) is 2.21. The van der Waals surface area contributed by atoms with E-state index in [-0.39, 0.29) is 19.1 Å². The standard InChI is InChI=1S/C11H16N2O2/c1-8-3-4-10(9(5-8)7-14)13(2)6-11(12)15/h3-5,14H,6-7H2,1-2H3,(H2,12,15). The van der Waals surface area contributed by atoms with Gasteiger partial charge in [-0.3, -0.25) is 4.79 Å². The quantitative estimate of drug-likeness (QED) is 0.753. The van der Waals surface area contributed by atoms with E-state index in [4.69, 9.17) is 5.73 Å². The predicted octanol–water partition coefficient (Wildman–Crippen LogP) is 0.409. The third-order valence-electron chi connectivity index (χ3n) is 2.21. The van der Waals surface area contributed by atoms with Gasteiger partial charge in [-0.15, -0.1) is 0 Å². The van der Waals surface area contributed by atoms with Crippen LogP contribution in [0, 0.1) is 6.92 Å². The van der Waals surface area contributed by atoms with E-state index in [0.717, 1.165) is 16.8 Å². The highest BCUT2D eigenvalue weighted by atomic mass is 16.3. The smallest absolute Gasteiger partial charge is 0.236 e. The summed E-state index contributed by atoms with van der Waals surface area (Å²) >= 11 is 0. The maximum absolute atomic E-state index is 10.8. The Morgan fingerprint density at radius 1 is 1.53 bits per heavy atom. The van der Waals surface area contributed by atoms with Crippen LogP contribution in [0.25, 0.3) is 0 Å². The number of amides is 1. The summed E-state index contributed by atoms with van der Waals surface area (Å²) in [5.41, 5.74) is 7.83. The van der Waals surface area contributed by atoms with Crippen LogP contribution in [0.5, 0.6) is 0 Å². The summed E-state index contributed by atoms with van der Waals surface area (Å²) in [5.74, 6) is -0.387. The fraction of sp³-hybridized carbons (Fsp3) is 0.364. The lowest BCUT2D eigenvalue weighted by molar-refractivity contribution is -0.116. The largest absolute Gasteiger partial charge is 0.392 e. The number of aliphatic hydroxyl groups excluding tert-OH is 1. The molecule has 0 aliphatic rings. The van der Waals surface area contributed by atoms with Gasteiger partial charge in [0.05, 0.1) is 13.2 Å². The highest BCUT2D eigenvalue weighted by Gasteiger charge is 2.08. The Kier molecular flexibility index (Phi) is 3.68. The van der Waals surface area contributed by atoms with Gasteiger partial charge < -0.3 is 15.7 Å². The van der Waals surface area contributed by atoms with Crippen molar-refractivity contribution in [3.05, 3.63) is 29.3 Å². The molecule has 1 aromatic rings. The Balaban J connectivity index is 2.97. The number of carbonyl (C=O) groups excluding carboxylic acids is 1. The number of anilines is 1. The zero-order valence-electron chi connectivity index (χ0n) is 9.03. The normalized spacial score (nSPS) is 10.1. The van der Waals surface area contributed by atoms with Gasteiger partial charge >= 0.3 is 0 Å². The first-order chi connectivity index (χ1) is 7.04. The van der Waals surface area contributed by atoms with Crippen molar-refractivity contribution in [1.82, 2.24) is 0 Å². The van der Waals surface area contributed by atoms with E-state index in [1.54, 1.807) is 11.9 Å². The second-order valence-electron chi connectivity index (χ2n) is 3.61. The minimum atomic E-state index is -0.387. The third kappa shape index (κ3) is 2.95. The number of hydrogen-bond acceptors (Lipinski definition) is 3. The number of aliphatic hydroxyl groups is 1. The monoisotopic (exact) mass is 208 g/mol. The number of rotatable bonds is 4. The highest BCUT2D eigenvalue weighted by molar-refractivity contribution is 5.79. The molecule has 4 heteroatoms. The summed E-state index contributed by atoms with van der Waals surface area (Å²) in [5, 5.41) is 9.18. The second-order valence-corrected chi connectivity index (χ2v) is 3.61. The molecular formula is C11H16N2O2. The maximum Gasteiger partial charge on any atom is 0.236 e. The first kappa shape index (κ1) is 11.5. The summed E-state index contributed by atoms with van der Waals surface area (Å²) in [4.78, 5) is 12.5. The van der Waals surface area contributed by atoms with E-state index in [2.05, 4.69) is 0 Å². The van der Waals surface area contributed by atoms with Crippen LogP contribution < -0.4 is 10.6 Å². The van der Waals surface area contributed by atoms with E-state index in [1.807, 2.05) is 25.1 Å². The predicted molar refractivity (Wildman–Crippen MR) is 59.6 cm³/mol. The van der Waals surface area contributed by atoms with Crippen molar-refractivity contribution < 1.29 is 9.90 Å². The van der Waals surface area contributed by atoms with Crippen LogP contribution in [0.2, 0.25) is 0 Å². The average Bonchev–Trinajstić information content (AvgIpc) is 2.16. The molecule has 0 bridgehead atoms. The van der Waals surface area contributed by atoms with Gasteiger partial charge in [-0.25, -0.2) is 0 Å². The van der Waals surface area contributed by atoms with Crippen LogP contribution in [-0.2, 0) is 11.4 Å². The molecule has 1 aromatic carbocycles. The van der Waals surface area contributed by atoms with E-state index >= 15 is 0 Å². The van der Waals surface area contributed by atoms with Gasteiger partial charge in [0.2, 0.25) is 5.91 Å². The van der Waals surface area contributed by atoms with Gasteiger partial charge in [-0.2, -0.15) is 0 Å². The molecule has 0 saturated heterocycles. The lowest BCUT2D eigenvalue weighted by Gasteiger charge is -2.20. The number of hydrogen-bond donors (Lipinski definition) is 2. The molecular weight excluding hydrogens is 192 g/mol. The molecule has 0 aliphatic carbocycles. The molecule has 1 amide bonds. The number of nitrogens with two attached hydrogens (primary N) is 1. The van der Waals surface area contributed by atoms with Gasteiger partial charge in [-0.05, 0) is 13.0 Å². The molecule has 0 spiro atoms. The number of aryl methyl sites for hydroxylation is 1. The molecule has 82 valence electrons. The van der Waals surface area contributed by atoms with Gasteiger partial charge in [0.1, 0.15) is 0 Å². The lowest BCUT2D eigenvalue weighted by atomic mass is 10.1. The summed E-state index contributed by atoms with van der Waals surface area (Å²) in [6.45, 7) is 2.06. The number of primary amides is 1. The lowest BCUT2D eigenvalue weighted by Crippen LogP contribution is -2.31. The van der Waals surface area contributed by atoms with Crippen LogP contribution in [0.4, 0.5) is 5.69 Å². The first-order valence-electron chi connectivity index (χ1n) is 4.74. The molecule has 0 aromatic heterocycles. The Bertz CT molecular complexity index is 364. The van der Waals surface area contributed by atoms with E-state index < -0.39 is 0 Å². The Morgan fingerprint density at radius 2 is 2.20 bits per heavy atom. The van der Waals surface area contributed by atoms with Crippen LogP contribution in [0.1, 0.15) is 11.1 Å². The van der Waals surface area contributed by atoms with Crippen molar-refractivity contribution in [1.29, 1.82) is 0 Å². The number of carbonyl (C=O) groups is 1. The highest BCUT2D eigenvalue weighted by Crippen LogP contribution is 2.20. The molecule has 0 aliphatic heterocycles. The summed E-state index contributed by atoms with van der Waals surface area (Å²) < 4.78 is 0. The maximum atomic E-state index is 10.8. The molecule has 1 rings (SSSR count). The zero-order valence-corrected chi connectivity index (χ0v) is 9.03. The molecule has 0 saturated carbocycles. The Labute approximate surface area is 89.3 Å². The van der Waals surface area contributed by atoms with Gasteiger partial charge in [0.15, 0.2) is 0 Å². The Morgan fingerprint density at radius 3 is 2.73 bits per heavy atom. The zero-order chi connectivity index (χ0) is 11.4. The van der Waals surface area contributed by atoms with Crippen molar-refractivity contribution >= 4 is 11.6 Å². The first-order valence-corrected chi connectivity index (χ1v) is 4.74. The summed E-state index contributed by atoms with van der Waals surface area (Å²) in [6.07, 6.45) is 0. The van der Waals surface area contributed by atoms with Crippen molar-refractivity contribution in [3.63, 3.8) is 0 Å². The molecule has 4 nitrogen and oxygen atoms in total. The number of likely N-dealkylation sites (N-methyl/N-ethyl adjacent to an activating group) is 1. The molecule has 0 fully saturated rings. The van der Waals surface area contributed by atoms with E-state index in [1.165, 1.54) is 0 Å². The SMILES string of the molecule is Cc1ccc(N(C)CC(N)=O)c(CO)c1. The van der Waals surface area contributed by atoms with Crippen molar-refractivity contribution in [2.75, 3.05) is 18.5 Å². The average molecular weight is 208 g/mol. The van der Waals surface area contributed by atoms with E-state index in [9.17, 15) is 9.90 Å². The van der Waals surface area contributed by atoms with Gasteiger partial charge in [0, 0.05) is 18.3 Å². The minimum Gasteiger partial charge on any atom is -0.392 e.